The van der Waals surface area contributed by atoms with Crippen molar-refractivity contribution in [2.24, 2.45) is 0 Å². The van der Waals surface area contributed by atoms with Crippen molar-refractivity contribution in [2.75, 3.05) is 0 Å². The quantitative estimate of drug-likeness (QED) is 0.116. The van der Waals surface area contributed by atoms with Crippen molar-refractivity contribution in [3.63, 3.8) is 0 Å². The number of rotatable bonds is 13. The maximum Gasteiger partial charge on any atom is 0.519 e. The minimum Gasteiger partial charge on any atom is -0.396 e. The molecule has 0 unspecified atom stereocenters. The lowest BCUT2D eigenvalue weighted by Gasteiger charge is -2.36. The van der Waals surface area contributed by atoms with Crippen molar-refractivity contribution in [3.05, 3.63) is 201 Å². The summed E-state index contributed by atoms with van der Waals surface area (Å²) in [5.41, 5.74) is 6.20. The lowest BCUT2D eigenvalue weighted by Crippen LogP contribution is -2.39. The minimum atomic E-state index is -1.22. The number of hydrogen-bond acceptors (Lipinski definition) is 8. The Bertz CT molecular complexity index is 2560. The molecule has 0 aliphatic rings. The van der Waals surface area contributed by atoms with Gasteiger partial charge < -0.3 is 18.5 Å². The summed E-state index contributed by atoms with van der Waals surface area (Å²) in [7, 11) is 0. The molecule has 0 radical (unpaired) electrons. The summed E-state index contributed by atoms with van der Waals surface area (Å²) in [5, 5.41) is 25.1. The number of aromatic nitrogens is 6. The second-order valence-electron chi connectivity index (χ2n) is 14.8. The molecule has 0 aliphatic heterocycles. The molecule has 8 rings (SSSR count). The Kier molecular flexibility index (Phi) is 10.1. The molecule has 57 heavy (non-hydrogen) atoms. The normalized spacial score (nSPS) is 11.9. The molecular formula is C47H44N6O4. The second-order valence-corrected chi connectivity index (χ2v) is 14.8. The molecule has 0 spiro atoms. The van der Waals surface area contributed by atoms with Gasteiger partial charge in [-0.3, -0.25) is 0 Å². The molecule has 0 fully saturated rings. The molecule has 3 heterocycles. The number of tetrazole rings is 1. The predicted octanol–water partition coefficient (Wildman–Crippen LogP) is 8.72. The zero-order chi connectivity index (χ0) is 39.6. The smallest absolute Gasteiger partial charge is 0.396 e. The van der Waals surface area contributed by atoms with Gasteiger partial charge in [-0.05, 0) is 71.0 Å². The summed E-state index contributed by atoms with van der Waals surface area (Å²) in [6, 6.07) is 47.8. The van der Waals surface area contributed by atoms with E-state index in [0.29, 0.717) is 36.0 Å². The standard InChI is InChI=1S/C47H44N6O4/c1-5-17-42-48-43(46(3,4)55)40(30-41-32(2)56-45(54)57-41)52(42)31-33-26-28-34(29-27-33)38-24-15-16-25-39(38)44-49-50-51-53(44)47(35-18-9-6-10-19-35,36-20-11-7-12-21-36)37-22-13-8-14-23-37/h6-16,18-29,55H,5,17,30-31H2,1-4H3. The Morgan fingerprint density at radius 3 is 1.81 bits per heavy atom. The van der Waals surface area contributed by atoms with Crippen LogP contribution < -0.4 is 5.82 Å². The Balaban J connectivity index is 1.22. The van der Waals surface area contributed by atoms with E-state index >= 15 is 0 Å². The Morgan fingerprint density at radius 1 is 0.719 bits per heavy atom. The first-order valence-corrected chi connectivity index (χ1v) is 19.2. The van der Waals surface area contributed by atoms with E-state index < -0.39 is 17.0 Å². The van der Waals surface area contributed by atoms with Crippen LogP contribution in [0.3, 0.4) is 0 Å². The molecule has 0 aliphatic carbocycles. The SMILES string of the molecule is CCCc1nc(C(C)(C)O)c(Cc2oc(=O)oc2C)n1Cc1ccc(-c2ccccc2-c2nnnn2C(c2ccccc2)(c2ccccc2)c2ccccc2)cc1. The van der Waals surface area contributed by atoms with Crippen LogP contribution in [0, 0.1) is 6.92 Å². The lowest BCUT2D eigenvalue weighted by molar-refractivity contribution is 0.0730. The van der Waals surface area contributed by atoms with E-state index in [1.54, 1.807) is 20.8 Å². The molecule has 0 saturated carbocycles. The molecule has 10 nitrogen and oxygen atoms in total. The van der Waals surface area contributed by atoms with Crippen LogP contribution in [-0.2, 0) is 30.5 Å². The van der Waals surface area contributed by atoms with Crippen molar-refractivity contribution in [1.29, 1.82) is 0 Å². The summed E-state index contributed by atoms with van der Waals surface area (Å²) < 4.78 is 14.7. The van der Waals surface area contributed by atoms with Gasteiger partial charge in [-0.1, -0.05) is 146 Å². The lowest BCUT2D eigenvalue weighted by atomic mass is 9.77. The molecule has 3 aromatic heterocycles. The molecule has 0 bridgehead atoms. The molecule has 0 atom stereocenters. The maximum atomic E-state index is 12.0. The number of aryl methyl sites for hydroxylation is 2. The first-order chi connectivity index (χ1) is 27.7. The van der Waals surface area contributed by atoms with Crippen LogP contribution in [0.1, 0.15) is 78.2 Å². The van der Waals surface area contributed by atoms with E-state index in [0.717, 1.165) is 56.9 Å². The van der Waals surface area contributed by atoms with Gasteiger partial charge >= 0.3 is 5.82 Å². The van der Waals surface area contributed by atoms with Gasteiger partial charge in [0.1, 0.15) is 22.7 Å². The van der Waals surface area contributed by atoms with Crippen LogP contribution in [0.4, 0.5) is 0 Å². The van der Waals surface area contributed by atoms with Crippen molar-refractivity contribution in [1.82, 2.24) is 29.8 Å². The van der Waals surface area contributed by atoms with E-state index in [-0.39, 0.29) is 6.42 Å². The first-order valence-electron chi connectivity index (χ1n) is 19.2. The molecule has 0 amide bonds. The van der Waals surface area contributed by atoms with Gasteiger partial charge in [0.05, 0.1) is 17.8 Å². The highest BCUT2D eigenvalue weighted by atomic mass is 16.6. The number of aliphatic hydroxyl groups is 1. The maximum absolute atomic E-state index is 12.0. The fourth-order valence-electron chi connectivity index (χ4n) is 7.88. The third kappa shape index (κ3) is 7.04. The van der Waals surface area contributed by atoms with Crippen LogP contribution in [0.25, 0.3) is 22.5 Å². The van der Waals surface area contributed by atoms with Crippen molar-refractivity contribution >= 4 is 0 Å². The van der Waals surface area contributed by atoms with Crippen LogP contribution in [0.2, 0.25) is 0 Å². The van der Waals surface area contributed by atoms with Crippen LogP contribution in [-0.4, -0.2) is 34.9 Å². The van der Waals surface area contributed by atoms with E-state index in [2.05, 4.69) is 126 Å². The summed E-state index contributed by atoms with van der Waals surface area (Å²) in [5.74, 6) is 1.56. The first kappa shape index (κ1) is 37.3. The van der Waals surface area contributed by atoms with Gasteiger partial charge in [0.2, 0.25) is 0 Å². The van der Waals surface area contributed by atoms with Gasteiger partial charge in [0.15, 0.2) is 11.6 Å². The highest BCUT2D eigenvalue weighted by Gasteiger charge is 2.42. The highest BCUT2D eigenvalue weighted by Crippen LogP contribution is 2.43. The summed E-state index contributed by atoms with van der Waals surface area (Å²) in [6.07, 6.45) is 1.84. The Morgan fingerprint density at radius 2 is 1.28 bits per heavy atom. The molecule has 5 aromatic carbocycles. The topological polar surface area (TPSA) is 125 Å². The zero-order valence-electron chi connectivity index (χ0n) is 32.5. The predicted molar refractivity (Wildman–Crippen MR) is 219 cm³/mol. The van der Waals surface area contributed by atoms with Gasteiger partial charge in [-0.15, -0.1) is 5.10 Å². The van der Waals surface area contributed by atoms with E-state index in [9.17, 15) is 9.90 Å². The van der Waals surface area contributed by atoms with E-state index in [4.69, 9.17) is 24.1 Å². The minimum absolute atomic E-state index is 0.254. The number of benzene rings is 5. The van der Waals surface area contributed by atoms with Crippen molar-refractivity contribution in [2.45, 2.75) is 64.6 Å². The summed E-state index contributed by atoms with van der Waals surface area (Å²) in [4.78, 5) is 16.9. The van der Waals surface area contributed by atoms with E-state index in [1.165, 1.54) is 0 Å². The van der Waals surface area contributed by atoms with Crippen LogP contribution in [0.15, 0.2) is 153 Å². The summed E-state index contributed by atoms with van der Waals surface area (Å²) in [6.45, 7) is 7.77. The summed E-state index contributed by atoms with van der Waals surface area (Å²) >= 11 is 0. The number of imidazole rings is 1. The average Bonchev–Trinajstić information content (AvgIpc) is 3.94. The third-order valence-corrected chi connectivity index (χ3v) is 10.5. The fraction of sp³-hybridized carbons (Fsp3) is 0.213. The molecular weight excluding hydrogens is 713 g/mol. The molecule has 8 aromatic rings. The largest absolute Gasteiger partial charge is 0.519 e. The average molecular weight is 757 g/mol. The Hall–Kier alpha value is -6.65. The second kappa shape index (κ2) is 15.5. The zero-order valence-corrected chi connectivity index (χ0v) is 32.5. The number of hydrogen-bond donors (Lipinski definition) is 1. The molecule has 286 valence electrons. The highest BCUT2D eigenvalue weighted by molar-refractivity contribution is 5.81. The fourth-order valence-corrected chi connectivity index (χ4v) is 7.88. The van der Waals surface area contributed by atoms with Gasteiger partial charge in [-0.2, -0.15) is 0 Å². The monoisotopic (exact) mass is 756 g/mol. The Labute approximate surface area is 331 Å². The van der Waals surface area contributed by atoms with Crippen molar-refractivity contribution < 1.29 is 13.9 Å². The van der Waals surface area contributed by atoms with Gasteiger partial charge in [0.25, 0.3) is 0 Å². The van der Waals surface area contributed by atoms with Crippen LogP contribution in [0.5, 0.6) is 0 Å². The van der Waals surface area contributed by atoms with E-state index in [1.807, 2.05) is 35.0 Å². The number of nitrogens with zero attached hydrogens (tertiary/aromatic N) is 6. The van der Waals surface area contributed by atoms with Gasteiger partial charge in [0, 0.05) is 18.5 Å². The molecule has 1 N–H and O–H groups in total. The molecule has 0 saturated heterocycles. The third-order valence-electron chi connectivity index (χ3n) is 10.5. The van der Waals surface area contributed by atoms with Crippen molar-refractivity contribution in [3.8, 4) is 22.5 Å². The molecule has 10 heteroatoms. The van der Waals surface area contributed by atoms with Gasteiger partial charge in [-0.25, -0.2) is 14.5 Å². The van der Waals surface area contributed by atoms with Crippen LogP contribution >= 0.6 is 0 Å².